The van der Waals surface area contributed by atoms with Crippen molar-refractivity contribution >= 4 is 5.91 Å². The van der Waals surface area contributed by atoms with Crippen LogP contribution in [0.3, 0.4) is 0 Å². The fraction of sp³-hybridized carbons (Fsp3) is 0.474. The van der Waals surface area contributed by atoms with E-state index in [4.69, 9.17) is 0 Å². The third-order valence-corrected chi connectivity index (χ3v) is 4.63. The molecule has 1 fully saturated rings. The lowest BCUT2D eigenvalue weighted by Gasteiger charge is -2.30. The number of aromatic nitrogens is 3. The molecule has 0 radical (unpaired) electrons. The van der Waals surface area contributed by atoms with E-state index in [9.17, 15) is 9.59 Å². The Bertz CT molecular complexity index is 772. The zero-order valence-corrected chi connectivity index (χ0v) is 14.6. The molecular weight excluding hydrogens is 316 g/mol. The van der Waals surface area contributed by atoms with Crippen LogP contribution in [0.15, 0.2) is 41.5 Å². The van der Waals surface area contributed by atoms with Crippen molar-refractivity contribution in [3.63, 3.8) is 0 Å². The molecule has 0 spiro atoms. The summed E-state index contributed by atoms with van der Waals surface area (Å²) in [5.41, 5.74) is 1.28. The number of pyridine rings is 1. The minimum absolute atomic E-state index is 0.0337. The Labute approximate surface area is 147 Å². The molecule has 25 heavy (non-hydrogen) atoms. The van der Waals surface area contributed by atoms with Gasteiger partial charge in [-0.15, -0.1) is 0 Å². The minimum atomic E-state index is -0.167. The Hall–Kier alpha value is -2.50. The van der Waals surface area contributed by atoms with Crippen LogP contribution < -0.4 is 5.56 Å². The Morgan fingerprint density at radius 1 is 1.16 bits per heavy atom. The van der Waals surface area contributed by atoms with Gasteiger partial charge in [0.15, 0.2) is 0 Å². The first kappa shape index (κ1) is 17.3. The van der Waals surface area contributed by atoms with Crippen molar-refractivity contribution in [3.8, 4) is 0 Å². The van der Waals surface area contributed by atoms with Crippen LogP contribution in [0.5, 0.6) is 0 Å². The van der Waals surface area contributed by atoms with E-state index in [1.807, 2.05) is 24.0 Å². The van der Waals surface area contributed by atoms with Gasteiger partial charge in [0, 0.05) is 31.5 Å². The first-order valence-corrected chi connectivity index (χ1v) is 8.99. The SMILES string of the molecule is CCCn1nc(C(=O)N2CCCCC[C@H]2c2ccncc2)ccc1=O. The summed E-state index contributed by atoms with van der Waals surface area (Å²) in [6.07, 6.45) is 8.47. The summed E-state index contributed by atoms with van der Waals surface area (Å²) in [5.74, 6) is -0.103. The number of aryl methyl sites for hydroxylation is 1. The Morgan fingerprint density at radius 3 is 2.72 bits per heavy atom. The lowest BCUT2D eigenvalue weighted by Crippen LogP contribution is -2.36. The highest BCUT2D eigenvalue weighted by Gasteiger charge is 2.28. The summed E-state index contributed by atoms with van der Waals surface area (Å²) in [7, 11) is 0. The van der Waals surface area contributed by atoms with Crippen LogP contribution in [0.2, 0.25) is 0 Å². The standard InChI is InChI=1S/C19H24N4O2/c1-2-13-23-18(24)8-7-16(21-23)19(25)22-14-5-3-4-6-17(22)15-9-11-20-12-10-15/h7-12,17H,2-6,13-14H2,1H3/t17-/m0/s1. The molecule has 0 N–H and O–H groups in total. The van der Waals surface area contributed by atoms with Crippen molar-refractivity contribution in [2.24, 2.45) is 0 Å². The zero-order chi connectivity index (χ0) is 17.6. The van der Waals surface area contributed by atoms with E-state index in [1.165, 1.54) is 10.7 Å². The summed E-state index contributed by atoms with van der Waals surface area (Å²) >= 11 is 0. The van der Waals surface area contributed by atoms with Gasteiger partial charge in [-0.1, -0.05) is 19.8 Å². The number of likely N-dealkylation sites (tertiary alicyclic amines) is 1. The second-order valence-electron chi connectivity index (χ2n) is 6.42. The summed E-state index contributed by atoms with van der Waals surface area (Å²) in [6, 6.07) is 6.97. The molecule has 3 rings (SSSR count). The predicted molar refractivity (Wildman–Crippen MR) is 95.3 cm³/mol. The van der Waals surface area contributed by atoms with Gasteiger partial charge < -0.3 is 4.90 Å². The quantitative estimate of drug-likeness (QED) is 0.858. The van der Waals surface area contributed by atoms with E-state index in [2.05, 4.69) is 10.1 Å². The van der Waals surface area contributed by atoms with E-state index in [-0.39, 0.29) is 17.5 Å². The topological polar surface area (TPSA) is 68.1 Å². The molecule has 1 aliphatic rings. The number of rotatable bonds is 4. The van der Waals surface area contributed by atoms with Crippen LogP contribution in [-0.4, -0.2) is 32.1 Å². The molecule has 2 aromatic rings. The highest BCUT2D eigenvalue weighted by atomic mass is 16.2. The fourth-order valence-electron chi connectivity index (χ4n) is 3.37. The van der Waals surface area contributed by atoms with Crippen molar-refractivity contribution in [1.29, 1.82) is 0 Å². The van der Waals surface area contributed by atoms with E-state index < -0.39 is 0 Å². The van der Waals surface area contributed by atoms with E-state index in [0.717, 1.165) is 37.7 Å². The van der Waals surface area contributed by atoms with Gasteiger partial charge in [-0.05, 0) is 43.0 Å². The zero-order valence-electron chi connectivity index (χ0n) is 14.6. The molecule has 1 aliphatic heterocycles. The molecular formula is C19H24N4O2. The molecule has 0 bridgehead atoms. The Morgan fingerprint density at radius 2 is 1.96 bits per heavy atom. The van der Waals surface area contributed by atoms with Crippen molar-refractivity contribution in [3.05, 3.63) is 58.3 Å². The molecule has 132 valence electrons. The predicted octanol–water partition coefficient (Wildman–Crippen LogP) is 2.81. The highest BCUT2D eigenvalue weighted by molar-refractivity contribution is 5.92. The van der Waals surface area contributed by atoms with Crippen LogP contribution in [-0.2, 0) is 6.54 Å². The third-order valence-electron chi connectivity index (χ3n) is 4.63. The van der Waals surface area contributed by atoms with E-state index in [1.54, 1.807) is 18.5 Å². The first-order valence-electron chi connectivity index (χ1n) is 8.99. The number of hydrogen-bond donors (Lipinski definition) is 0. The van der Waals surface area contributed by atoms with Gasteiger partial charge in [0.2, 0.25) is 0 Å². The van der Waals surface area contributed by atoms with Gasteiger partial charge >= 0.3 is 0 Å². The third kappa shape index (κ3) is 3.95. The van der Waals surface area contributed by atoms with E-state index >= 15 is 0 Å². The number of hydrogen-bond acceptors (Lipinski definition) is 4. The fourth-order valence-corrected chi connectivity index (χ4v) is 3.37. The summed E-state index contributed by atoms with van der Waals surface area (Å²) < 4.78 is 1.38. The average molecular weight is 340 g/mol. The molecule has 1 saturated heterocycles. The van der Waals surface area contributed by atoms with Crippen LogP contribution in [0.25, 0.3) is 0 Å². The highest BCUT2D eigenvalue weighted by Crippen LogP contribution is 2.30. The van der Waals surface area contributed by atoms with Crippen LogP contribution in [0.1, 0.15) is 61.1 Å². The van der Waals surface area contributed by atoms with Gasteiger partial charge in [-0.2, -0.15) is 5.10 Å². The molecule has 0 saturated carbocycles. The molecule has 1 atom stereocenters. The summed E-state index contributed by atoms with van der Waals surface area (Å²) in [5, 5.41) is 4.30. The smallest absolute Gasteiger partial charge is 0.274 e. The Kier molecular flexibility index (Phi) is 5.58. The number of carbonyl (C=O) groups excluding carboxylic acids is 1. The minimum Gasteiger partial charge on any atom is -0.330 e. The monoisotopic (exact) mass is 340 g/mol. The lowest BCUT2D eigenvalue weighted by atomic mass is 10.0. The molecule has 3 heterocycles. The number of carbonyl (C=O) groups is 1. The second-order valence-corrected chi connectivity index (χ2v) is 6.42. The van der Waals surface area contributed by atoms with Gasteiger partial charge in [-0.25, -0.2) is 4.68 Å². The molecule has 0 unspecified atom stereocenters. The molecule has 0 aliphatic carbocycles. The molecule has 1 amide bonds. The molecule has 0 aromatic carbocycles. The largest absolute Gasteiger partial charge is 0.330 e. The van der Waals surface area contributed by atoms with Crippen LogP contribution >= 0.6 is 0 Å². The van der Waals surface area contributed by atoms with Crippen molar-refractivity contribution in [2.75, 3.05) is 6.54 Å². The van der Waals surface area contributed by atoms with Gasteiger partial charge in [0.05, 0.1) is 6.04 Å². The maximum atomic E-state index is 13.1. The Balaban J connectivity index is 1.92. The molecule has 6 nitrogen and oxygen atoms in total. The lowest BCUT2D eigenvalue weighted by molar-refractivity contribution is 0.0671. The maximum Gasteiger partial charge on any atom is 0.274 e. The number of amides is 1. The molecule has 2 aromatic heterocycles. The van der Waals surface area contributed by atoms with Crippen LogP contribution in [0, 0.1) is 0 Å². The second kappa shape index (κ2) is 8.05. The summed E-state index contributed by atoms with van der Waals surface area (Å²) in [4.78, 5) is 31.0. The van der Waals surface area contributed by atoms with Crippen molar-refractivity contribution < 1.29 is 4.79 Å². The normalized spacial score (nSPS) is 18.0. The first-order chi connectivity index (χ1) is 12.2. The van der Waals surface area contributed by atoms with E-state index in [0.29, 0.717) is 18.8 Å². The van der Waals surface area contributed by atoms with Crippen LogP contribution in [0.4, 0.5) is 0 Å². The van der Waals surface area contributed by atoms with Crippen molar-refractivity contribution in [2.45, 2.75) is 51.6 Å². The number of nitrogens with zero attached hydrogens (tertiary/aromatic N) is 4. The van der Waals surface area contributed by atoms with Gasteiger partial charge in [0.1, 0.15) is 5.69 Å². The van der Waals surface area contributed by atoms with Gasteiger partial charge in [-0.3, -0.25) is 14.6 Å². The van der Waals surface area contributed by atoms with Gasteiger partial charge in [0.25, 0.3) is 11.5 Å². The van der Waals surface area contributed by atoms with Crippen molar-refractivity contribution in [1.82, 2.24) is 19.7 Å². The average Bonchev–Trinajstić information content (AvgIpc) is 2.90. The molecule has 6 heteroatoms. The maximum absolute atomic E-state index is 13.1. The summed E-state index contributed by atoms with van der Waals surface area (Å²) in [6.45, 7) is 3.21.